The van der Waals surface area contributed by atoms with Gasteiger partial charge in [-0.15, -0.1) is 0 Å². The summed E-state index contributed by atoms with van der Waals surface area (Å²) in [7, 11) is 1.64. The molecule has 4 rings (SSSR count). The molecule has 0 aliphatic carbocycles. The van der Waals surface area contributed by atoms with Crippen LogP contribution in [0.15, 0.2) is 54.6 Å². The van der Waals surface area contributed by atoms with Gasteiger partial charge in [0.25, 0.3) is 0 Å². The smallest absolute Gasteiger partial charge is 0.246 e. The Morgan fingerprint density at radius 3 is 2.42 bits per heavy atom. The van der Waals surface area contributed by atoms with E-state index < -0.39 is 18.1 Å². The fourth-order valence-corrected chi connectivity index (χ4v) is 6.41. The molecule has 0 saturated carbocycles. The predicted octanol–water partition coefficient (Wildman–Crippen LogP) is 3.26. The number of nitrogens with zero attached hydrogens (tertiary/aromatic N) is 2. The summed E-state index contributed by atoms with van der Waals surface area (Å²) in [5, 5.41) is 6.09. The minimum atomic E-state index is -0.696. The number of carbonyl (C=O) groups excluding carboxylic acids is 3. The molecule has 2 aromatic rings. The molecule has 0 aromatic heterocycles. The Morgan fingerprint density at radius 2 is 1.74 bits per heavy atom. The number of ether oxygens (including phenoxy) is 1. The van der Waals surface area contributed by atoms with Crippen LogP contribution in [-0.4, -0.2) is 78.4 Å². The van der Waals surface area contributed by atoms with E-state index in [1.54, 1.807) is 12.0 Å². The van der Waals surface area contributed by atoms with E-state index in [0.717, 1.165) is 56.6 Å². The molecule has 2 saturated heterocycles. The molecule has 2 fully saturated rings. The molecule has 4 N–H and O–H groups in total. The molecule has 0 bridgehead atoms. The van der Waals surface area contributed by atoms with Crippen LogP contribution in [0.4, 0.5) is 0 Å². The number of amides is 3. The van der Waals surface area contributed by atoms with Gasteiger partial charge < -0.3 is 26.0 Å². The monoisotopic (exact) mass is 591 g/mol. The quantitative estimate of drug-likeness (QED) is 0.311. The van der Waals surface area contributed by atoms with Crippen LogP contribution in [0.2, 0.25) is 0 Å². The van der Waals surface area contributed by atoms with Gasteiger partial charge in [0, 0.05) is 19.1 Å². The first kappa shape index (κ1) is 32.5. The summed E-state index contributed by atoms with van der Waals surface area (Å²) in [6.45, 7) is 7.03. The molecule has 0 spiro atoms. The Labute approximate surface area is 256 Å². The highest BCUT2D eigenvalue weighted by atomic mass is 16.5. The molecule has 234 valence electrons. The first-order chi connectivity index (χ1) is 20.8. The van der Waals surface area contributed by atoms with Crippen LogP contribution in [0.1, 0.15) is 63.5 Å². The van der Waals surface area contributed by atoms with Crippen molar-refractivity contribution in [3.05, 3.63) is 65.7 Å². The van der Waals surface area contributed by atoms with Gasteiger partial charge in [-0.25, -0.2) is 0 Å². The lowest BCUT2D eigenvalue weighted by Gasteiger charge is -2.33. The molecule has 9 heteroatoms. The largest absolute Gasteiger partial charge is 0.497 e. The van der Waals surface area contributed by atoms with Crippen molar-refractivity contribution >= 4 is 17.7 Å². The van der Waals surface area contributed by atoms with Crippen molar-refractivity contribution in [2.45, 2.75) is 89.5 Å². The van der Waals surface area contributed by atoms with Crippen molar-refractivity contribution in [1.29, 1.82) is 0 Å². The summed E-state index contributed by atoms with van der Waals surface area (Å²) >= 11 is 0. The number of nitrogens with one attached hydrogen (secondary N) is 2. The number of rotatable bonds is 14. The topological polar surface area (TPSA) is 117 Å². The molecule has 9 nitrogen and oxygen atoms in total. The van der Waals surface area contributed by atoms with Crippen LogP contribution >= 0.6 is 0 Å². The van der Waals surface area contributed by atoms with E-state index in [4.69, 9.17) is 10.5 Å². The van der Waals surface area contributed by atoms with Crippen molar-refractivity contribution < 1.29 is 19.1 Å². The molecular weight excluding hydrogens is 542 g/mol. The van der Waals surface area contributed by atoms with E-state index in [0.29, 0.717) is 25.8 Å². The number of methoxy groups -OCH3 is 1. The molecule has 0 unspecified atom stereocenters. The highest BCUT2D eigenvalue weighted by Crippen LogP contribution is 2.35. The molecule has 43 heavy (non-hydrogen) atoms. The summed E-state index contributed by atoms with van der Waals surface area (Å²) in [5.74, 6) is 0.180. The second-order valence-electron chi connectivity index (χ2n) is 11.9. The zero-order valence-electron chi connectivity index (χ0n) is 26.0. The minimum Gasteiger partial charge on any atom is -0.497 e. The number of fused-ring (bicyclic) bond motifs is 1. The summed E-state index contributed by atoms with van der Waals surface area (Å²) in [6.07, 6.45) is 5.01. The fraction of sp³-hybridized carbons (Fsp3) is 0.559. The van der Waals surface area contributed by atoms with Crippen LogP contribution in [0.5, 0.6) is 5.75 Å². The van der Waals surface area contributed by atoms with Crippen LogP contribution in [0, 0.1) is 5.92 Å². The van der Waals surface area contributed by atoms with Gasteiger partial charge in [0.05, 0.1) is 13.2 Å². The zero-order chi connectivity index (χ0) is 30.8. The van der Waals surface area contributed by atoms with E-state index in [2.05, 4.69) is 46.7 Å². The third-order valence-corrected chi connectivity index (χ3v) is 9.13. The lowest BCUT2D eigenvalue weighted by molar-refractivity contribution is -0.143. The summed E-state index contributed by atoms with van der Waals surface area (Å²) in [4.78, 5) is 44.8. The van der Waals surface area contributed by atoms with E-state index in [9.17, 15) is 14.4 Å². The number of hydrogen-bond donors (Lipinski definition) is 3. The number of hydrogen-bond acceptors (Lipinski definition) is 6. The highest BCUT2D eigenvalue weighted by molar-refractivity contribution is 5.94. The Morgan fingerprint density at radius 1 is 1.02 bits per heavy atom. The fourth-order valence-electron chi connectivity index (χ4n) is 6.41. The van der Waals surface area contributed by atoms with Crippen LogP contribution in [0.3, 0.4) is 0 Å². The summed E-state index contributed by atoms with van der Waals surface area (Å²) in [5.41, 5.74) is 8.43. The third-order valence-electron chi connectivity index (χ3n) is 9.13. The predicted molar refractivity (Wildman–Crippen MR) is 168 cm³/mol. The van der Waals surface area contributed by atoms with E-state index >= 15 is 0 Å². The van der Waals surface area contributed by atoms with Crippen LogP contribution < -0.4 is 21.1 Å². The van der Waals surface area contributed by atoms with Crippen molar-refractivity contribution in [2.24, 2.45) is 11.7 Å². The van der Waals surface area contributed by atoms with Crippen LogP contribution in [-0.2, 0) is 27.3 Å². The van der Waals surface area contributed by atoms with E-state index in [1.807, 2.05) is 37.3 Å². The van der Waals surface area contributed by atoms with Crippen molar-refractivity contribution in [3.8, 4) is 5.75 Å². The van der Waals surface area contributed by atoms with Gasteiger partial charge >= 0.3 is 0 Å². The first-order valence-electron chi connectivity index (χ1n) is 15.9. The van der Waals surface area contributed by atoms with E-state index in [1.165, 1.54) is 5.56 Å². The van der Waals surface area contributed by atoms with Crippen molar-refractivity contribution in [2.75, 3.05) is 26.7 Å². The zero-order valence-corrected chi connectivity index (χ0v) is 26.0. The Hall–Kier alpha value is -3.43. The number of carbonyl (C=O) groups is 3. The molecule has 2 aliphatic heterocycles. The minimum absolute atomic E-state index is 0.000635. The van der Waals surface area contributed by atoms with Gasteiger partial charge in [0.2, 0.25) is 17.7 Å². The first-order valence-corrected chi connectivity index (χ1v) is 15.9. The molecule has 3 amide bonds. The Bertz CT molecular complexity index is 1190. The Balaban J connectivity index is 1.43. The highest BCUT2D eigenvalue weighted by Gasteiger charge is 2.47. The molecule has 2 heterocycles. The normalized spacial score (nSPS) is 22.5. The van der Waals surface area contributed by atoms with Gasteiger partial charge in [-0.1, -0.05) is 56.3 Å². The maximum atomic E-state index is 14.2. The summed E-state index contributed by atoms with van der Waals surface area (Å²) in [6, 6.07) is 16.3. The summed E-state index contributed by atoms with van der Waals surface area (Å²) < 4.78 is 5.22. The number of benzene rings is 2. The van der Waals surface area contributed by atoms with Crippen LogP contribution in [0.25, 0.3) is 0 Å². The Kier molecular flexibility index (Phi) is 12.0. The second-order valence-corrected chi connectivity index (χ2v) is 11.9. The van der Waals surface area contributed by atoms with Crippen molar-refractivity contribution in [3.63, 3.8) is 0 Å². The average Bonchev–Trinajstić information content (AvgIpc) is 3.42. The lowest BCUT2D eigenvalue weighted by Crippen LogP contribution is -2.58. The van der Waals surface area contributed by atoms with Gasteiger partial charge in [-0.3, -0.25) is 19.3 Å². The molecule has 0 radical (unpaired) electrons. The van der Waals surface area contributed by atoms with Gasteiger partial charge in [0.1, 0.15) is 17.8 Å². The maximum Gasteiger partial charge on any atom is 0.246 e. The molecule has 2 aliphatic rings. The SMILES string of the molecule is CC[C@H](N)C(=O)N[C@@H]1C(=O)N2[C@@H](CC[C@@H]1CCN(CC)Cc1ccccc1)CC[C@H]2C(=O)NCCc1ccc(OC)cc1. The molecule has 5 atom stereocenters. The van der Waals surface area contributed by atoms with E-state index in [-0.39, 0.29) is 29.7 Å². The molecular formula is C34H49N5O4. The maximum absolute atomic E-state index is 14.2. The second kappa shape index (κ2) is 15.9. The number of nitrogens with two attached hydrogens (primary N) is 1. The van der Waals surface area contributed by atoms with Gasteiger partial charge in [0.15, 0.2) is 0 Å². The van der Waals surface area contributed by atoms with Gasteiger partial charge in [-0.2, -0.15) is 0 Å². The molecule has 2 aromatic carbocycles. The standard InChI is InChI=1S/C34H49N5O4/c1-4-29(35)32(40)37-31-26(20-22-38(5-2)23-25-9-7-6-8-10-25)13-14-27-15-18-30(39(27)34(31)42)33(41)36-21-19-24-11-16-28(43-3)17-12-24/h6-12,16-17,26-27,29-31H,4-5,13-15,18-23,35H2,1-3H3,(H,36,41)(H,37,40)/t26-,27+,29+,30+,31+/m1/s1. The lowest BCUT2D eigenvalue weighted by atomic mass is 9.89. The van der Waals surface area contributed by atoms with Crippen molar-refractivity contribution in [1.82, 2.24) is 20.4 Å². The average molecular weight is 592 g/mol. The van der Waals surface area contributed by atoms with Gasteiger partial charge in [-0.05, 0) is 87.2 Å². The third kappa shape index (κ3) is 8.57.